The minimum atomic E-state index is -3.09. The number of hydrogen-bond acceptors (Lipinski definition) is 2. The molecule has 1 N–H and O–H groups in total. The molecule has 0 unspecified atom stereocenters. The van der Waals surface area contributed by atoms with Gasteiger partial charge in [0.25, 0.3) is 0 Å². The Balaban J connectivity index is 2.23. The third kappa shape index (κ3) is 5.51. The molecule has 96 valence electrons. The topological polar surface area (TPSA) is 46.2 Å². The summed E-state index contributed by atoms with van der Waals surface area (Å²) in [5, 5.41) is 0. The fourth-order valence-corrected chi connectivity index (χ4v) is 3.55. The standard InChI is InChI=1S/C11H22ClNO2S/c1-10-3-5-11(6-4-10)9-13-16(14,15)8-2-7-12/h10-11,13H,2-9H2,1H3. The Bertz CT molecular complexity index is 284. The highest BCUT2D eigenvalue weighted by Gasteiger charge is 2.19. The molecule has 0 amide bonds. The van der Waals surface area contributed by atoms with Gasteiger partial charge in [-0.05, 0) is 31.1 Å². The first-order chi connectivity index (χ1) is 7.53. The third-order valence-corrected chi connectivity index (χ3v) is 4.97. The van der Waals surface area contributed by atoms with Gasteiger partial charge < -0.3 is 0 Å². The maximum absolute atomic E-state index is 11.5. The maximum Gasteiger partial charge on any atom is 0.211 e. The zero-order chi connectivity index (χ0) is 12.0. The van der Waals surface area contributed by atoms with Crippen molar-refractivity contribution >= 4 is 21.6 Å². The van der Waals surface area contributed by atoms with Crippen LogP contribution in [-0.4, -0.2) is 26.6 Å². The number of nitrogens with one attached hydrogen (secondary N) is 1. The van der Waals surface area contributed by atoms with Crippen molar-refractivity contribution in [1.29, 1.82) is 0 Å². The molecule has 0 aliphatic heterocycles. The molecule has 3 nitrogen and oxygen atoms in total. The van der Waals surface area contributed by atoms with Gasteiger partial charge in [-0.3, -0.25) is 0 Å². The van der Waals surface area contributed by atoms with E-state index in [1.54, 1.807) is 0 Å². The predicted octanol–water partition coefficient (Wildman–Crippen LogP) is 2.36. The summed E-state index contributed by atoms with van der Waals surface area (Å²) in [6.07, 6.45) is 5.29. The van der Waals surface area contributed by atoms with Gasteiger partial charge in [0.1, 0.15) is 0 Å². The zero-order valence-corrected chi connectivity index (χ0v) is 11.5. The summed E-state index contributed by atoms with van der Waals surface area (Å²) >= 11 is 5.48. The summed E-state index contributed by atoms with van der Waals surface area (Å²) in [6.45, 7) is 2.87. The number of hydrogen-bond donors (Lipinski definition) is 1. The van der Waals surface area contributed by atoms with Gasteiger partial charge in [-0.25, -0.2) is 13.1 Å². The number of alkyl halides is 1. The second kappa shape index (κ2) is 6.82. The molecule has 1 fully saturated rings. The number of rotatable bonds is 6. The summed E-state index contributed by atoms with van der Waals surface area (Å²) in [5.41, 5.74) is 0. The van der Waals surface area contributed by atoms with Crippen LogP contribution in [0.1, 0.15) is 39.0 Å². The Kier molecular flexibility index (Phi) is 6.08. The number of halogens is 1. The molecular weight excluding hydrogens is 246 g/mol. The van der Waals surface area contributed by atoms with Crippen LogP contribution in [0.15, 0.2) is 0 Å². The minimum Gasteiger partial charge on any atom is -0.215 e. The van der Waals surface area contributed by atoms with Crippen molar-refractivity contribution in [2.45, 2.75) is 39.0 Å². The van der Waals surface area contributed by atoms with E-state index in [9.17, 15) is 8.42 Å². The highest BCUT2D eigenvalue weighted by atomic mass is 35.5. The van der Waals surface area contributed by atoms with Crippen LogP contribution in [0.3, 0.4) is 0 Å². The van der Waals surface area contributed by atoms with Crippen molar-refractivity contribution in [2.75, 3.05) is 18.2 Å². The monoisotopic (exact) mass is 267 g/mol. The molecule has 1 aliphatic carbocycles. The van der Waals surface area contributed by atoms with Crippen LogP contribution in [-0.2, 0) is 10.0 Å². The van der Waals surface area contributed by atoms with Crippen molar-refractivity contribution < 1.29 is 8.42 Å². The first kappa shape index (κ1) is 14.3. The Morgan fingerprint density at radius 2 is 1.88 bits per heavy atom. The quantitative estimate of drug-likeness (QED) is 0.751. The van der Waals surface area contributed by atoms with E-state index in [2.05, 4.69) is 11.6 Å². The van der Waals surface area contributed by atoms with E-state index in [4.69, 9.17) is 11.6 Å². The van der Waals surface area contributed by atoms with Crippen molar-refractivity contribution in [3.8, 4) is 0 Å². The van der Waals surface area contributed by atoms with Crippen LogP contribution in [0.25, 0.3) is 0 Å². The van der Waals surface area contributed by atoms with E-state index >= 15 is 0 Å². The highest BCUT2D eigenvalue weighted by Crippen LogP contribution is 2.27. The van der Waals surface area contributed by atoms with Crippen LogP contribution >= 0.6 is 11.6 Å². The van der Waals surface area contributed by atoms with E-state index in [0.717, 1.165) is 18.8 Å². The molecule has 0 heterocycles. The first-order valence-corrected chi connectivity index (χ1v) is 8.25. The summed E-state index contributed by atoms with van der Waals surface area (Å²) in [6, 6.07) is 0. The van der Waals surface area contributed by atoms with Gasteiger partial charge in [-0.1, -0.05) is 19.8 Å². The highest BCUT2D eigenvalue weighted by molar-refractivity contribution is 7.89. The molecule has 1 aliphatic rings. The second-order valence-corrected chi connectivity index (χ2v) is 7.14. The number of sulfonamides is 1. The molecular formula is C11H22ClNO2S. The molecule has 0 aromatic heterocycles. The summed E-state index contributed by atoms with van der Waals surface area (Å²) in [4.78, 5) is 0. The van der Waals surface area contributed by atoms with Gasteiger partial charge in [0.15, 0.2) is 0 Å². The van der Waals surface area contributed by atoms with Gasteiger partial charge in [-0.2, -0.15) is 0 Å². The largest absolute Gasteiger partial charge is 0.215 e. The Morgan fingerprint density at radius 3 is 2.44 bits per heavy atom. The molecule has 0 saturated heterocycles. The van der Waals surface area contributed by atoms with E-state index in [-0.39, 0.29) is 5.75 Å². The van der Waals surface area contributed by atoms with Crippen LogP contribution in [0, 0.1) is 11.8 Å². The van der Waals surface area contributed by atoms with Gasteiger partial charge in [0.05, 0.1) is 5.75 Å². The van der Waals surface area contributed by atoms with Crippen molar-refractivity contribution in [3.63, 3.8) is 0 Å². The molecule has 0 aromatic carbocycles. The van der Waals surface area contributed by atoms with Gasteiger partial charge >= 0.3 is 0 Å². The smallest absolute Gasteiger partial charge is 0.211 e. The summed E-state index contributed by atoms with van der Waals surface area (Å²) < 4.78 is 25.7. The lowest BCUT2D eigenvalue weighted by atomic mass is 9.83. The van der Waals surface area contributed by atoms with Gasteiger partial charge in [0, 0.05) is 12.4 Å². The van der Waals surface area contributed by atoms with Crippen LogP contribution in [0.2, 0.25) is 0 Å². The molecule has 0 atom stereocenters. The third-order valence-electron chi connectivity index (χ3n) is 3.27. The fraction of sp³-hybridized carbons (Fsp3) is 1.00. The molecule has 1 saturated carbocycles. The van der Waals surface area contributed by atoms with Crippen molar-refractivity contribution in [1.82, 2.24) is 4.72 Å². The second-order valence-electron chi connectivity index (χ2n) is 4.84. The molecule has 5 heteroatoms. The summed E-state index contributed by atoms with van der Waals surface area (Å²) in [5.74, 6) is 1.90. The molecule has 16 heavy (non-hydrogen) atoms. The van der Waals surface area contributed by atoms with Crippen LogP contribution in [0.4, 0.5) is 0 Å². The van der Waals surface area contributed by atoms with Gasteiger partial charge in [-0.15, -0.1) is 11.6 Å². The van der Waals surface area contributed by atoms with Crippen LogP contribution < -0.4 is 4.72 Å². The van der Waals surface area contributed by atoms with E-state index in [1.165, 1.54) is 12.8 Å². The summed E-state index contributed by atoms with van der Waals surface area (Å²) in [7, 11) is -3.09. The maximum atomic E-state index is 11.5. The molecule has 0 bridgehead atoms. The van der Waals surface area contributed by atoms with Crippen molar-refractivity contribution in [3.05, 3.63) is 0 Å². The Morgan fingerprint density at radius 1 is 1.25 bits per heavy atom. The first-order valence-electron chi connectivity index (χ1n) is 6.07. The molecule has 0 spiro atoms. The van der Waals surface area contributed by atoms with E-state index in [0.29, 0.717) is 24.8 Å². The average molecular weight is 268 g/mol. The Hall–Kier alpha value is 0.200. The molecule has 0 aromatic rings. The lowest BCUT2D eigenvalue weighted by molar-refractivity contribution is 0.290. The zero-order valence-electron chi connectivity index (χ0n) is 9.91. The normalized spacial score (nSPS) is 26.9. The van der Waals surface area contributed by atoms with E-state index in [1.807, 2.05) is 0 Å². The Labute approximate surface area is 104 Å². The lowest BCUT2D eigenvalue weighted by Crippen LogP contribution is -2.32. The minimum absolute atomic E-state index is 0.152. The van der Waals surface area contributed by atoms with E-state index < -0.39 is 10.0 Å². The SMILES string of the molecule is CC1CCC(CNS(=O)(=O)CCCCl)CC1. The molecule has 1 rings (SSSR count). The average Bonchev–Trinajstić information content (AvgIpc) is 2.26. The molecule has 0 radical (unpaired) electrons. The van der Waals surface area contributed by atoms with Crippen molar-refractivity contribution in [2.24, 2.45) is 11.8 Å². The fourth-order valence-electron chi connectivity index (χ4n) is 2.09. The lowest BCUT2D eigenvalue weighted by Gasteiger charge is -2.26. The van der Waals surface area contributed by atoms with Crippen LogP contribution in [0.5, 0.6) is 0 Å². The van der Waals surface area contributed by atoms with Gasteiger partial charge in [0.2, 0.25) is 10.0 Å². The predicted molar refractivity (Wildman–Crippen MR) is 68.2 cm³/mol.